The largest absolute Gasteiger partial charge is 0.329 e. The summed E-state index contributed by atoms with van der Waals surface area (Å²) in [5.74, 6) is 1.55. The van der Waals surface area contributed by atoms with Crippen LogP contribution in [-0.2, 0) is 0 Å². The molecule has 3 nitrogen and oxygen atoms in total. The minimum atomic E-state index is 0.260. The van der Waals surface area contributed by atoms with Gasteiger partial charge in [-0.15, -0.1) is 0 Å². The van der Waals surface area contributed by atoms with Crippen LogP contribution in [0.1, 0.15) is 53.4 Å². The first-order valence-electron chi connectivity index (χ1n) is 8.53. The fraction of sp³-hybridized carbons (Fsp3) is 1.00. The van der Waals surface area contributed by atoms with Gasteiger partial charge in [0.15, 0.2) is 0 Å². The highest BCUT2D eigenvalue weighted by Crippen LogP contribution is 2.29. The maximum absolute atomic E-state index is 6.24. The van der Waals surface area contributed by atoms with E-state index in [-0.39, 0.29) is 5.54 Å². The Morgan fingerprint density at radius 1 is 1.00 bits per heavy atom. The third kappa shape index (κ3) is 5.34. The molecule has 1 heterocycles. The predicted molar refractivity (Wildman–Crippen MR) is 89.0 cm³/mol. The van der Waals surface area contributed by atoms with Crippen molar-refractivity contribution in [3.63, 3.8) is 0 Å². The van der Waals surface area contributed by atoms with Gasteiger partial charge in [-0.05, 0) is 70.7 Å². The smallest absolute Gasteiger partial charge is 0.0356 e. The van der Waals surface area contributed by atoms with Gasteiger partial charge in [0.2, 0.25) is 0 Å². The van der Waals surface area contributed by atoms with Crippen molar-refractivity contribution in [3.8, 4) is 0 Å². The second-order valence-electron chi connectivity index (χ2n) is 7.58. The quantitative estimate of drug-likeness (QED) is 0.743. The van der Waals surface area contributed by atoms with Gasteiger partial charge in [-0.3, -0.25) is 4.90 Å². The molecular weight excluding hydrogens is 246 g/mol. The van der Waals surface area contributed by atoms with Gasteiger partial charge >= 0.3 is 0 Å². The third-order valence-electron chi connectivity index (χ3n) is 4.92. The van der Waals surface area contributed by atoms with Crippen molar-refractivity contribution in [2.24, 2.45) is 17.6 Å². The van der Waals surface area contributed by atoms with Crippen LogP contribution in [0.3, 0.4) is 0 Å². The Morgan fingerprint density at radius 2 is 1.45 bits per heavy atom. The first-order valence-corrected chi connectivity index (χ1v) is 8.53. The molecule has 0 amide bonds. The Labute approximate surface area is 126 Å². The molecule has 0 saturated carbocycles. The normalized spacial score (nSPS) is 20.2. The van der Waals surface area contributed by atoms with Gasteiger partial charge in [0.05, 0.1) is 0 Å². The molecule has 0 aromatic carbocycles. The van der Waals surface area contributed by atoms with E-state index in [0.29, 0.717) is 0 Å². The summed E-state index contributed by atoms with van der Waals surface area (Å²) in [4.78, 5) is 5.18. The fourth-order valence-electron chi connectivity index (χ4n) is 3.10. The molecule has 2 N–H and O–H groups in total. The van der Waals surface area contributed by atoms with E-state index in [9.17, 15) is 0 Å². The number of rotatable bonds is 8. The van der Waals surface area contributed by atoms with E-state index in [1.807, 2.05) is 0 Å². The van der Waals surface area contributed by atoms with Gasteiger partial charge in [-0.1, -0.05) is 27.7 Å². The molecule has 0 aliphatic carbocycles. The SMILES string of the molecule is CC(C)CCN(CCC(C)C)C1(CN)CCN(C)CC1. The Kier molecular flexibility index (Phi) is 7.49. The highest BCUT2D eigenvalue weighted by molar-refractivity contribution is 4.96. The fourth-order valence-corrected chi connectivity index (χ4v) is 3.10. The Hall–Kier alpha value is -0.120. The second-order valence-corrected chi connectivity index (χ2v) is 7.58. The Bertz CT molecular complexity index is 243. The second kappa shape index (κ2) is 8.35. The number of piperidine rings is 1. The van der Waals surface area contributed by atoms with Crippen LogP contribution in [-0.4, -0.2) is 55.1 Å². The zero-order chi connectivity index (χ0) is 15.2. The average molecular weight is 284 g/mol. The monoisotopic (exact) mass is 283 g/mol. The predicted octanol–water partition coefficient (Wildman–Crippen LogP) is 2.80. The van der Waals surface area contributed by atoms with Gasteiger partial charge in [0.25, 0.3) is 0 Å². The number of likely N-dealkylation sites (tertiary alicyclic amines) is 1. The molecule has 1 rings (SSSR count). The molecule has 20 heavy (non-hydrogen) atoms. The van der Waals surface area contributed by atoms with Crippen molar-refractivity contribution in [1.82, 2.24) is 9.80 Å². The molecule has 0 unspecified atom stereocenters. The van der Waals surface area contributed by atoms with Crippen LogP contribution in [0, 0.1) is 11.8 Å². The number of hydrogen-bond acceptors (Lipinski definition) is 3. The lowest BCUT2D eigenvalue weighted by molar-refractivity contribution is 0.0273. The molecular formula is C17H37N3. The van der Waals surface area contributed by atoms with E-state index in [4.69, 9.17) is 5.73 Å². The van der Waals surface area contributed by atoms with E-state index < -0.39 is 0 Å². The highest BCUT2D eigenvalue weighted by Gasteiger charge is 2.37. The minimum absolute atomic E-state index is 0.260. The number of nitrogens with two attached hydrogens (primary N) is 1. The topological polar surface area (TPSA) is 32.5 Å². The molecule has 0 aromatic rings. The average Bonchev–Trinajstić information content (AvgIpc) is 2.40. The maximum atomic E-state index is 6.24. The van der Waals surface area contributed by atoms with Crippen LogP contribution in [0.4, 0.5) is 0 Å². The molecule has 1 aliphatic heterocycles. The van der Waals surface area contributed by atoms with E-state index in [2.05, 4.69) is 44.5 Å². The van der Waals surface area contributed by atoms with Crippen LogP contribution in [0.25, 0.3) is 0 Å². The number of nitrogens with zero attached hydrogens (tertiary/aromatic N) is 2. The van der Waals surface area contributed by atoms with Crippen LogP contribution < -0.4 is 5.73 Å². The zero-order valence-corrected chi connectivity index (χ0v) is 14.5. The Balaban J connectivity index is 2.70. The maximum Gasteiger partial charge on any atom is 0.0356 e. The standard InChI is InChI=1S/C17H37N3/c1-15(2)6-10-20(11-7-16(3)4)17(14-18)8-12-19(5)13-9-17/h15-16H,6-14,18H2,1-5H3. The summed E-state index contributed by atoms with van der Waals surface area (Å²) in [6, 6.07) is 0. The summed E-state index contributed by atoms with van der Waals surface area (Å²) in [7, 11) is 2.23. The van der Waals surface area contributed by atoms with Crippen molar-refractivity contribution in [3.05, 3.63) is 0 Å². The van der Waals surface area contributed by atoms with Crippen LogP contribution in [0.5, 0.6) is 0 Å². The molecule has 1 fully saturated rings. The lowest BCUT2D eigenvalue weighted by atomic mass is 9.84. The third-order valence-corrected chi connectivity index (χ3v) is 4.92. The van der Waals surface area contributed by atoms with Crippen molar-refractivity contribution < 1.29 is 0 Å². The van der Waals surface area contributed by atoms with E-state index in [1.54, 1.807) is 0 Å². The van der Waals surface area contributed by atoms with Gasteiger partial charge < -0.3 is 10.6 Å². The number of hydrogen-bond donors (Lipinski definition) is 1. The lowest BCUT2D eigenvalue weighted by Gasteiger charge is -2.48. The van der Waals surface area contributed by atoms with Crippen LogP contribution in [0.2, 0.25) is 0 Å². The summed E-state index contributed by atoms with van der Waals surface area (Å²) in [5.41, 5.74) is 6.50. The zero-order valence-electron chi connectivity index (χ0n) is 14.5. The molecule has 0 bridgehead atoms. The highest BCUT2D eigenvalue weighted by atomic mass is 15.2. The summed E-state index contributed by atoms with van der Waals surface area (Å²) >= 11 is 0. The molecule has 1 aliphatic rings. The summed E-state index contributed by atoms with van der Waals surface area (Å²) in [5, 5.41) is 0. The molecule has 0 atom stereocenters. The van der Waals surface area contributed by atoms with E-state index in [1.165, 1.54) is 51.9 Å². The molecule has 0 spiro atoms. The van der Waals surface area contributed by atoms with Crippen molar-refractivity contribution >= 4 is 0 Å². The van der Waals surface area contributed by atoms with E-state index >= 15 is 0 Å². The van der Waals surface area contributed by atoms with Gasteiger partial charge in [-0.2, -0.15) is 0 Å². The van der Waals surface area contributed by atoms with Crippen LogP contribution >= 0.6 is 0 Å². The van der Waals surface area contributed by atoms with Crippen molar-refractivity contribution in [1.29, 1.82) is 0 Å². The first kappa shape index (κ1) is 17.9. The molecule has 0 radical (unpaired) electrons. The Morgan fingerprint density at radius 3 is 1.80 bits per heavy atom. The van der Waals surface area contributed by atoms with Gasteiger partial charge in [-0.25, -0.2) is 0 Å². The summed E-state index contributed by atoms with van der Waals surface area (Å²) < 4.78 is 0. The summed E-state index contributed by atoms with van der Waals surface area (Å²) in [6.07, 6.45) is 5.04. The van der Waals surface area contributed by atoms with Crippen LogP contribution in [0.15, 0.2) is 0 Å². The summed E-state index contributed by atoms with van der Waals surface area (Å²) in [6.45, 7) is 14.9. The molecule has 3 heteroatoms. The van der Waals surface area contributed by atoms with Crippen molar-refractivity contribution in [2.45, 2.75) is 58.9 Å². The molecule has 120 valence electrons. The van der Waals surface area contributed by atoms with Gasteiger partial charge in [0.1, 0.15) is 0 Å². The van der Waals surface area contributed by atoms with Gasteiger partial charge in [0, 0.05) is 12.1 Å². The van der Waals surface area contributed by atoms with Crippen molar-refractivity contribution in [2.75, 3.05) is 39.8 Å². The minimum Gasteiger partial charge on any atom is -0.329 e. The lowest BCUT2D eigenvalue weighted by Crippen LogP contribution is -2.59. The molecule has 0 aromatic heterocycles. The molecule has 1 saturated heterocycles. The first-order chi connectivity index (χ1) is 9.39. The van der Waals surface area contributed by atoms with E-state index in [0.717, 1.165) is 18.4 Å².